The smallest absolute Gasteiger partial charge is 0.125 e. The molecule has 3 nitrogen and oxygen atoms in total. The summed E-state index contributed by atoms with van der Waals surface area (Å²) in [4.78, 5) is 2.30. The van der Waals surface area contributed by atoms with Crippen molar-refractivity contribution >= 4 is 5.69 Å². The predicted octanol–water partition coefficient (Wildman–Crippen LogP) is 3.34. The molecule has 0 aliphatic rings. The molecule has 0 saturated carbocycles. The van der Waals surface area contributed by atoms with Crippen LogP contribution in [0.1, 0.15) is 45.2 Å². The monoisotopic (exact) mass is 250 g/mol. The van der Waals surface area contributed by atoms with Crippen molar-refractivity contribution in [3.05, 3.63) is 23.8 Å². The van der Waals surface area contributed by atoms with Crippen LogP contribution in [0.15, 0.2) is 18.2 Å². The highest BCUT2D eigenvalue weighted by Gasteiger charge is 2.18. The van der Waals surface area contributed by atoms with Crippen molar-refractivity contribution in [2.24, 2.45) is 5.73 Å². The second-order valence-electron chi connectivity index (χ2n) is 4.93. The lowest BCUT2D eigenvalue weighted by Crippen LogP contribution is -2.30. The topological polar surface area (TPSA) is 38.5 Å². The second kappa shape index (κ2) is 6.64. The minimum Gasteiger partial charge on any atom is -0.496 e. The fraction of sp³-hybridized carbons (Fsp3) is 0.600. The van der Waals surface area contributed by atoms with Crippen molar-refractivity contribution in [3.63, 3.8) is 0 Å². The zero-order chi connectivity index (χ0) is 13.7. The molecule has 0 saturated heterocycles. The Hall–Kier alpha value is -1.22. The van der Waals surface area contributed by atoms with Gasteiger partial charge in [0.05, 0.1) is 7.11 Å². The molecule has 102 valence electrons. The molecule has 0 amide bonds. The summed E-state index contributed by atoms with van der Waals surface area (Å²) in [5.41, 5.74) is 8.36. The first kappa shape index (κ1) is 14.8. The Labute approximate surface area is 111 Å². The first-order valence-electron chi connectivity index (χ1n) is 6.68. The summed E-state index contributed by atoms with van der Waals surface area (Å²) in [5.74, 6) is 0.873. The van der Waals surface area contributed by atoms with Crippen LogP contribution in [0.5, 0.6) is 5.75 Å². The number of nitrogens with two attached hydrogens (primary N) is 1. The number of anilines is 1. The van der Waals surface area contributed by atoms with Crippen LogP contribution >= 0.6 is 0 Å². The van der Waals surface area contributed by atoms with Crippen molar-refractivity contribution in [2.75, 3.05) is 19.1 Å². The standard InChI is InChI=1S/C15H26N2O/c1-6-8-11(2)17(4)13-9-7-10-14(18-5)15(13)12(3)16/h7,9-12H,6,8,16H2,1-5H3/t11?,12-/m0/s1. The van der Waals surface area contributed by atoms with E-state index in [1.165, 1.54) is 18.5 Å². The fourth-order valence-electron chi connectivity index (χ4n) is 2.32. The Balaban J connectivity index is 3.14. The van der Waals surface area contributed by atoms with Gasteiger partial charge in [-0.2, -0.15) is 0 Å². The summed E-state index contributed by atoms with van der Waals surface area (Å²) in [5, 5.41) is 0. The predicted molar refractivity (Wildman–Crippen MR) is 78.4 cm³/mol. The molecule has 0 aromatic heterocycles. The van der Waals surface area contributed by atoms with Crippen LogP contribution in [0.3, 0.4) is 0 Å². The molecule has 0 radical (unpaired) electrons. The van der Waals surface area contributed by atoms with Gasteiger partial charge in [-0.05, 0) is 32.4 Å². The molecule has 18 heavy (non-hydrogen) atoms. The van der Waals surface area contributed by atoms with E-state index in [4.69, 9.17) is 10.5 Å². The Morgan fingerprint density at radius 1 is 1.33 bits per heavy atom. The largest absolute Gasteiger partial charge is 0.496 e. The number of hydrogen-bond acceptors (Lipinski definition) is 3. The number of rotatable bonds is 6. The molecule has 1 aromatic carbocycles. The first-order valence-corrected chi connectivity index (χ1v) is 6.68. The molecule has 1 rings (SSSR count). The molecule has 0 aliphatic heterocycles. The van der Waals surface area contributed by atoms with Gasteiger partial charge < -0.3 is 15.4 Å². The van der Waals surface area contributed by atoms with Crippen LogP contribution in [0, 0.1) is 0 Å². The van der Waals surface area contributed by atoms with Gasteiger partial charge in [0.15, 0.2) is 0 Å². The van der Waals surface area contributed by atoms with Crippen LogP contribution in [0.4, 0.5) is 5.69 Å². The third-order valence-corrected chi connectivity index (χ3v) is 3.47. The third kappa shape index (κ3) is 3.16. The molecule has 0 aliphatic carbocycles. The SMILES string of the molecule is CCCC(C)N(C)c1cccc(OC)c1[C@H](C)N. The van der Waals surface area contributed by atoms with Gasteiger partial charge in [-0.3, -0.25) is 0 Å². The molecule has 1 aromatic rings. The van der Waals surface area contributed by atoms with Crippen molar-refractivity contribution in [2.45, 2.75) is 45.7 Å². The molecule has 0 heterocycles. The summed E-state index contributed by atoms with van der Waals surface area (Å²) < 4.78 is 5.43. The maximum Gasteiger partial charge on any atom is 0.125 e. The van der Waals surface area contributed by atoms with Crippen LogP contribution in [-0.2, 0) is 0 Å². The molecule has 2 N–H and O–H groups in total. The lowest BCUT2D eigenvalue weighted by atomic mass is 10.0. The van der Waals surface area contributed by atoms with E-state index in [0.717, 1.165) is 11.3 Å². The summed E-state index contributed by atoms with van der Waals surface area (Å²) in [6.07, 6.45) is 2.36. The molecular weight excluding hydrogens is 224 g/mol. The molecule has 0 fully saturated rings. The fourth-order valence-corrected chi connectivity index (χ4v) is 2.32. The highest BCUT2D eigenvalue weighted by atomic mass is 16.5. The van der Waals surface area contributed by atoms with Crippen molar-refractivity contribution in [3.8, 4) is 5.75 Å². The zero-order valence-corrected chi connectivity index (χ0v) is 12.2. The van der Waals surface area contributed by atoms with Crippen LogP contribution < -0.4 is 15.4 Å². The third-order valence-electron chi connectivity index (χ3n) is 3.47. The molecule has 0 bridgehead atoms. The molecule has 2 atom stereocenters. The van der Waals surface area contributed by atoms with E-state index >= 15 is 0 Å². The van der Waals surface area contributed by atoms with E-state index in [9.17, 15) is 0 Å². The van der Waals surface area contributed by atoms with Crippen LogP contribution in [0.25, 0.3) is 0 Å². The minimum atomic E-state index is -0.0348. The van der Waals surface area contributed by atoms with E-state index in [0.29, 0.717) is 6.04 Å². The lowest BCUT2D eigenvalue weighted by Gasteiger charge is -2.30. The number of nitrogens with zero attached hydrogens (tertiary/aromatic N) is 1. The summed E-state index contributed by atoms with van der Waals surface area (Å²) in [6.45, 7) is 6.45. The van der Waals surface area contributed by atoms with E-state index in [-0.39, 0.29) is 6.04 Å². The first-order chi connectivity index (χ1) is 8.52. The van der Waals surface area contributed by atoms with Gasteiger partial charge in [0.1, 0.15) is 5.75 Å². The van der Waals surface area contributed by atoms with Crippen molar-refractivity contribution < 1.29 is 4.74 Å². The minimum absolute atomic E-state index is 0.0348. The Kier molecular flexibility index (Phi) is 5.48. The van der Waals surface area contributed by atoms with Crippen molar-refractivity contribution in [1.29, 1.82) is 0 Å². The number of ether oxygens (including phenoxy) is 1. The Morgan fingerprint density at radius 2 is 2.00 bits per heavy atom. The maximum atomic E-state index is 6.10. The van der Waals surface area contributed by atoms with Gasteiger partial charge in [0, 0.05) is 30.4 Å². The highest BCUT2D eigenvalue weighted by Crippen LogP contribution is 2.34. The van der Waals surface area contributed by atoms with Gasteiger partial charge in [0.25, 0.3) is 0 Å². The highest BCUT2D eigenvalue weighted by molar-refractivity contribution is 5.60. The van der Waals surface area contributed by atoms with E-state index < -0.39 is 0 Å². The Morgan fingerprint density at radius 3 is 2.50 bits per heavy atom. The molecule has 1 unspecified atom stereocenters. The molecule has 0 spiro atoms. The van der Waals surface area contributed by atoms with Gasteiger partial charge in [-0.15, -0.1) is 0 Å². The summed E-state index contributed by atoms with van der Waals surface area (Å²) in [6, 6.07) is 6.58. The van der Waals surface area contributed by atoms with Gasteiger partial charge in [-0.1, -0.05) is 19.4 Å². The second-order valence-corrected chi connectivity index (χ2v) is 4.93. The van der Waals surface area contributed by atoms with Gasteiger partial charge in [0.2, 0.25) is 0 Å². The van der Waals surface area contributed by atoms with E-state index in [1.807, 2.05) is 19.1 Å². The average molecular weight is 250 g/mol. The molecular formula is C15H26N2O. The zero-order valence-electron chi connectivity index (χ0n) is 12.2. The van der Waals surface area contributed by atoms with Gasteiger partial charge >= 0.3 is 0 Å². The lowest BCUT2D eigenvalue weighted by molar-refractivity contribution is 0.406. The van der Waals surface area contributed by atoms with E-state index in [2.05, 4.69) is 31.9 Å². The van der Waals surface area contributed by atoms with Crippen LogP contribution in [0.2, 0.25) is 0 Å². The number of benzene rings is 1. The number of methoxy groups -OCH3 is 1. The number of hydrogen-bond donors (Lipinski definition) is 1. The van der Waals surface area contributed by atoms with Crippen LogP contribution in [-0.4, -0.2) is 20.2 Å². The van der Waals surface area contributed by atoms with Crippen molar-refractivity contribution in [1.82, 2.24) is 0 Å². The quantitative estimate of drug-likeness (QED) is 0.841. The molecule has 3 heteroatoms. The summed E-state index contributed by atoms with van der Waals surface area (Å²) in [7, 11) is 3.82. The van der Waals surface area contributed by atoms with Gasteiger partial charge in [-0.25, -0.2) is 0 Å². The maximum absolute atomic E-state index is 6.10. The van der Waals surface area contributed by atoms with E-state index in [1.54, 1.807) is 7.11 Å². The summed E-state index contributed by atoms with van der Waals surface area (Å²) >= 11 is 0. The average Bonchev–Trinajstić information content (AvgIpc) is 2.36. The normalized spacial score (nSPS) is 14.1. The Bertz CT molecular complexity index is 377.